The van der Waals surface area contributed by atoms with Crippen molar-refractivity contribution in [1.29, 1.82) is 0 Å². The maximum Gasteiger partial charge on any atom is 1.00 e. The van der Waals surface area contributed by atoms with E-state index in [1.807, 2.05) is 0 Å². The van der Waals surface area contributed by atoms with Crippen molar-refractivity contribution in [2.24, 2.45) is 0 Å². The van der Waals surface area contributed by atoms with Crippen LogP contribution in [0.25, 0.3) is 0 Å². The van der Waals surface area contributed by atoms with Crippen LogP contribution in [0.5, 0.6) is 0 Å². The molecular weight excluding hydrogens is 110 g/mol. The van der Waals surface area contributed by atoms with E-state index in [-0.39, 0.29) is 61.6 Å². The summed E-state index contributed by atoms with van der Waals surface area (Å²) < 4.78 is 0. The molecule has 0 unspecified atom stereocenters. The Morgan fingerprint density at radius 1 is 1.00 bits per heavy atom. The van der Waals surface area contributed by atoms with E-state index in [2.05, 4.69) is 0 Å². The van der Waals surface area contributed by atoms with Gasteiger partial charge in [0.25, 0.3) is 0 Å². The van der Waals surface area contributed by atoms with Crippen molar-refractivity contribution in [3.63, 3.8) is 0 Å². The minimum absolute atomic E-state index is 0. The van der Waals surface area contributed by atoms with Crippen molar-refractivity contribution >= 4 is 0 Å². The summed E-state index contributed by atoms with van der Waals surface area (Å²) in [5, 5.41) is 17.9. The molecule has 0 fully saturated rings. The molecule has 0 rings (SSSR count). The van der Waals surface area contributed by atoms with Crippen molar-refractivity contribution in [3.05, 3.63) is 0 Å². The number of hydrogen-bond donors (Lipinski definition) is 0. The molecule has 2 nitrogen and oxygen atoms in total. The molecule has 40 valence electrons. The fourth-order valence-corrected chi connectivity index (χ4v) is 0. The number of rotatable bonds is 0. The predicted octanol–water partition coefficient (Wildman–Crippen LogP) is -7.26. The summed E-state index contributed by atoms with van der Waals surface area (Å²) in [5.74, 6) is 0. The first-order valence-corrected chi connectivity index (χ1v) is 1.99. The van der Waals surface area contributed by atoms with Gasteiger partial charge in [-0.3, -0.25) is 0 Å². The van der Waals surface area contributed by atoms with Gasteiger partial charge in [-0.25, -0.2) is 0 Å². The van der Waals surface area contributed by atoms with Crippen LogP contribution in [0.4, 0.5) is 0 Å². The summed E-state index contributed by atoms with van der Waals surface area (Å²) in [7, 11) is 0. The van der Waals surface area contributed by atoms with E-state index in [0.717, 1.165) is 0 Å². The molecule has 0 aliphatic rings. The maximum atomic E-state index is 8.93. The van der Waals surface area contributed by atoms with Crippen molar-refractivity contribution in [2.75, 3.05) is 13.2 Å². The molecule has 0 aromatic rings. The van der Waals surface area contributed by atoms with Crippen LogP contribution in [0, 0.1) is 0 Å². The fourth-order valence-electron chi connectivity index (χ4n) is 0. The average molecular weight is 120 g/mol. The topological polar surface area (TPSA) is 46.1 Å². The van der Waals surface area contributed by atoms with Crippen LogP contribution in [0.3, 0.4) is 0 Å². The molecule has 0 aromatic carbocycles. The second-order valence-corrected chi connectivity index (χ2v) is 0.577. The van der Waals surface area contributed by atoms with Gasteiger partial charge in [-0.2, -0.15) is 0 Å². The molecule has 4 heteroatoms. The zero-order chi connectivity index (χ0) is 5.41. The first-order valence-electron chi connectivity index (χ1n) is 1.99. The van der Waals surface area contributed by atoms with E-state index in [0.29, 0.717) is 0 Å². The van der Waals surface area contributed by atoms with Crippen molar-refractivity contribution in [3.8, 4) is 0 Å². The number of hydrogen-bond acceptors (Lipinski definition) is 2. The average Bonchev–Trinajstić information content (AvgIpc) is 1.39. The van der Waals surface area contributed by atoms with Crippen molar-refractivity contribution in [2.45, 2.75) is 13.8 Å². The molecule has 0 aliphatic carbocycles. The molecule has 0 N–H and O–H groups in total. The maximum absolute atomic E-state index is 8.93. The Hall–Kier alpha value is 1.52. The summed E-state index contributed by atoms with van der Waals surface area (Å²) in [4.78, 5) is 0. The largest absolute Gasteiger partial charge is 1.00 e. The molecule has 0 aromatic heterocycles. The Bertz CT molecular complexity index is 16.0. The third-order valence-corrected chi connectivity index (χ3v) is 0. The van der Waals surface area contributed by atoms with Crippen LogP contribution >= 0.6 is 0 Å². The van der Waals surface area contributed by atoms with Gasteiger partial charge in [0, 0.05) is 0 Å². The van der Waals surface area contributed by atoms with E-state index >= 15 is 0 Å². The van der Waals surface area contributed by atoms with E-state index in [9.17, 15) is 0 Å². The SMILES string of the molecule is CC[O-].CC[O-].[Li+].[Na+]. The zero-order valence-corrected chi connectivity index (χ0v) is 8.23. The Kier molecular flexibility index (Phi) is 110. The first kappa shape index (κ1) is 22.7. The Labute approximate surface area is 85.1 Å². The monoisotopic (exact) mass is 120 g/mol. The van der Waals surface area contributed by atoms with Crippen LogP contribution in [-0.2, 0) is 0 Å². The quantitative estimate of drug-likeness (QED) is 0.298. The molecule has 0 atom stereocenters. The van der Waals surface area contributed by atoms with E-state index in [1.54, 1.807) is 13.8 Å². The van der Waals surface area contributed by atoms with Gasteiger partial charge in [0.2, 0.25) is 0 Å². The van der Waals surface area contributed by atoms with Gasteiger partial charge in [-0.15, -0.1) is 13.2 Å². The third kappa shape index (κ3) is 139. The van der Waals surface area contributed by atoms with Crippen LogP contribution in [-0.4, -0.2) is 13.2 Å². The first-order chi connectivity index (χ1) is 2.83. The van der Waals surface area contributed by atoms with E-state index in [4.69, 9.17) is 10.2 Å². The van der Waals surface area contributed by atoms with Gasteiger partial charge < -0.3 is 10.2 Å². The van der Waals surface area contributed by atoms with Crippen molar-refractivity contribution in [1.82, 2.24) is 0 Å². The molecule has 0 saturated carbocycles. The molecule has 0 bridgehead atoms. The second-order valence-electron chi connectivity index (χ2n) is 0.577. The van der Waals surface area contributed by atoms with Crippen LogP contribution in [0.15, 0.2) is 0 Å². The zero-order valence-electron chi connectivity index (χ0n) is 6.23. The summed E-state index contributed by atoms with van der Waals surface area (Å²) in [6.45, 7) is 3.14. The van der Waals surface area contributed by atoms with Gasteiger partial charge in [-0.1, -0.05) is 13.8 Å². The van der Waals surface area contributed by atoms with Gasteiger partial charge in [0.1, 0.15) is 0 Å². The van der Waals surface area contributed by atoms with Crippen LogP contribution in [0.1, 0.15) is 13.8 Å². The minimum Gasteiger partial charge on any atom is -0.855 e. The summed E-state index contributed by atoms with van der Waals surface area (Å²) in [6.07, 6.45) is 0. The molecule has 0 spiro atoms. The second kappa shape index (κ2) is 38.9. The normalized spacial score (nSPS) is 4.50. The van der Waals surface area contributed by atoms with Crippen LogP contribution < -0.4 is 58.6 Å². The molecule has 0 heterocycles. The Balaban J connectivity index is -0.0000000160. The molecule has 8 heavy (non-hydrogen) atoms. The molecule has 0 amide bonds. The standard InChI is InChI=1S/2C2H5O.Li.Na/c2*1-2-3;;/h2*2H2,1H3;;/q2*-1;2*+1. The predicted molar refractivity (Wildman–Crippen MR) is 21.1 cm³/mol. The summed E-state index contributed by atoms with van der Waals surface area (Å²) in [5.41, 5.74) is 0. The molecule has 0 aliphatic heterocycles. The molecule has 0 radical (unpaired) electrons. The van der Waals surface area contributed by atoms with Gasteiger partial charge in [-0.05, 0) is 0 Å². The Morgan fingerprint density at radius 3 is 1.00 bits per heavy atom. The van der Waals surface area contributed by atoms with Gasteiger partial charge in [0.15, 0.2) is 0 Å². The summed E-state index contributed by atoms with van der Waals surface area (Å²) >= 11 is 0. The van der Waals surface area contributed by atoms with Crippen LogP contribution in [0.2, 0.25) is 0 Å². The van der Waals surface area contributed by atoms with E-state index < -0.39 is 0 Å². The van der Waals surface area contributed by atoms with Crippen molar-refractivity contribution < 1.29 is 58.6 Å². The fraction of sp³-hybridized carbons (Fsp3) is 1.00. The van der Waals surface area contributed by atoms with Gasteiger partial charge in [0.05, 0.1) is 0 Å². The minimum atomic E-state index is 0. The summed E-state index contributed by atoms with van der Waals surface area (Å²) in [6, 6.07) is 0. The third-order valence-electron chi connectivity index (χ3n) is 0. The molecule has 0 saturated heterocycles. The van der Waals surface area contributed by atoms with Gasteiger partial charge >= 0.3 is 48.4 Å². The van der Waals surface area contributed by atoms with E-state index in [1.165, 1.54) is 0 Å². The Morgan fingerprint density at radius 2 is 1.00 bits per heavy atom. The smallest absolute Gasteiger partial charge is 0.855 e. The molecular formula is C4H10LiNaO2.